The van der Waals surface area contributed by atoms with Crippen LogP contribution in [0.4, 0.5) is 0 Å². The average molecular weight is 320 g/mol. The van der Waals surface area contributed by atoms with E-state index in [9.17, 15) is 8.42 Å². The topological polar surface area (TPSA) is 105 Å². The van der Waals surface area contributed by atoms with Gasteiger partial charge in [0.05, 0.1) is 11.5 Å². The molecule has 2 rings (SSSR count). The van der Waals surface area contributed by atoms with Crippen molar-refractivity contribution < 1.29 is 18.4 Å². The Morgan fingerprint density at radius 2 is 2.30 bits per heavy atom. The molecule has 0 radical (unpaired) electrons. The Labute approximate surface area is 121 Å². The Balaban J connectivity index is 2.26. The number of rotatable bonds is 3. The molecule has 0 bridgehead atoms. The Kier molecular flexibility index (Phi) is 4.48. The van der Waals surface area contributed by atoms with E-state index in [2.05, 4.69) is 5.16 Å². The highest BCUT2D eigenvalue weighted by molar-refractivity contribution is 7.89. The Morgan fingerprint density at radius 3 is 2.95 bits per heavy atom. The molecular formula is C11H14ClN3O4S. The van der Waals surface area contributed by atoms with E-state index in [0.717, 1.165) is 0 Å². The third kappa shape index (κ3) is 3.04. The van der Waals surface area contributed by atoms with Gasteiger partial charge in [0.2, 0.25) is 10.0 Å². The molecule has 1 saturated heterocycles. The lowest BCUT2D eigenvalue weighted by Crippen LogP contribution is -2.50. The molecule has 20 heavy (non-hydrogen) atoms. The van der Waals surface area contributed by atoms with Gasteiger partial charge in [0.25, 0.3) is 0 Å². The second-order valence-corrected chi connectivity index (χ2v) is 6.58. The molecule has 7 nitrogen and oxygen atoms in total. The molecule has 0 saturated carbocycles. The van der Waals surface area contributed by atoms with Crippen LogP contribution in [0.1, 0.15) is 0 Å². The van der Waals surface area contributed by atoms with Crippen LogP contribution in [0.25, 0.3) is 0 Å². The van der Waals surface area contributed by atoms with Crippen molar-refractivity contribution in [1.82, 2.24) is 4.31 Å². The first-order chi connectivity index (χ1) is 9.45. The lowest BCUT2D eigenvalue weighted by atomic mass is 10.3. The Hall–Kier alpha value is -1.35. The van der Waals surface area contributed by atoms with Crippen LogP contribution in [0.2, 0.25) is 5.02 Å². The van der Waals surface area contributed by atoms with Gasteiger partial charge in [-0.2, -0.15) is 4.31 Å². The number of halogens is 1. The van der Waals surface area contributed by atoms with Crippen LogP contribution in [0.15, 0.2) is 34.3 Å². The summed E-state index contributed by atoms with van der Waals surface area (Å²) in [6.45, 7) is 0.357. The number of hydrogen-bond acceptors (Lipinski definition) is 5. The van der Waals surface area contributed by atoms with Crippen molar-refractivity contribution in [2.24, 2.45) is 10.9 Å². The molecule has 1 aromatic rings. The summed E-state index contributed by atoms with van der Waals surface area (Å²) in [6, 6.07) is 6.01. The molecule has 1 aliphatic heterocycles. The summed E-state index contributed by atoms with van der Waals surface area (Å²) in [7, 11) is -3.68. The maximum absolute atomic E-state index is 12.5. The molecule has 1 aliphatic rings. The van der Waals surface area contributed by atoms with Crippen molar-refractivity contribution in [2.45, 2.75) is 11.0 Å². The summed E-state index contributed by atoms with van der Waals surface area (Å²) in [5, 5.41) is 11.8. The maximum Gasteiger partial charge on any atom is 0.243 e. The van der Waals surface area contributed by atoms with E-state index in [4.69, 9.17) is 27.3 Å². The fourth-order valence-corrected chi connectivity index (χ4v) is 3.59. The number of morpholine rings is 1. The van der Waals surface area contributed by atoms with E-state index in [0.29, 0.717) is 5.02 Å². The second-order valence-electron chi connectivity index (χ2n) is 4.20. The van der Waals surface area contributed by atoms with Crippen LogP contribution in [-0.2, 0) is 14.8 Å². The van der Waals surface area contributed by atoms with E-state index in [-0.39, 0.29) is 30.4 Å². The summed E-state index contributed by atoms with van der Waals surface area (Å²) in [6.07, 6.45) is -0.761. The molecule has 3 N–H and O–H groups in total. The lowest BCUT2D eigenvalue weighted by Gasteiger charge is -2.31. The van der Waals surface area contributed by atoms with Gasteiger partial charge in [0.15, 0.2) is 5.84 Å². The van der Waals surface area contributed by atoms with E-state index in [1.54, 1.807) is 12.1 Å². The number of hydrogen-bond donors (Lipinski definition) is 2. The van der Waals surface area contributed by atoms with Crippen LogP contribution in [-0.4, -0.2) is 49.6 Å². The summed E-state index contributed by atoms with van der Waals surface area (Å²) in [5.41, 5.74) is 5.45. The van der Waals surface area contributed by atoms with Crippen molar-refractivity contribution in [3.63, 3.8) is 0 Å². The molecule has 9 heteroatoms. The quantitative estimate of drug-likeness (QED) is 0.365. The lowest BCUT2D eigenvalue weighted by molar-refractivity contribution is 0.0355. The normalized spacial score (nSPS) is 21.9. The van der Waals surface area contributed by atoms with E-state index in [1.165, 1.54) is 16.4 Å². The van der Waals surface area contributed by atoms with Gasteiger partial charge in [-0.15, -0.1) is 0 Å². The molecule has 110 valence electrons. The average Bonchev–Trinajstić information content (AvgIpc) is 2.46. The first-order valence-corrected chi connectivity index (χ1v) is 7.61. The molecule has 0 amide bonds. The molecule has 1 atom stereocenters. The van der Waals surface area contributed by atoms with Crippen LogP contribution < -0.4 is 5.73 Å². The monoisotopic (exact) mass is 319 g/mol. The number of nitrogens with two attached hydrogens (primary N) is 1. The van der Waals surface area contributed by atoms with Crippen molar-refractivity contribution >= 4 is 27.5 Å². The predicted molar refractivity (Wildman–Crippen MR) is 73.4 cm³/mol. The van der Waals surface area contributed by atoms with Crippen molar-refractivity contribution in [3.8, 4) is 0 Å². The minimum absolute atomic E-state index is 0.00919. The second kappa shape index (κ2) is 5.96. The molecule has 1 fully saturated rings. The molecule has 0 aromatic heterocycles. The highest BCUT2D eigenvalue weighted by atomic mass is 35.5. The standard InChI is InChI=1S/C11H14ClN3O4S/c12-8-2-1-3-9(6-8)20(17,18)15-4-5-19-10(7-15)11(13)14-16/h1-3,6,10,16H,4-5,7H2,(H2,13,14). The van der Waals surface area contributed by atoms with Gasteiger partial charge in [-0.1, -0.05) is 22.8 Å². The molecule has 1 unspecified atom stereocenters. The maximum atomic E-state index is 12.5. The van der Waals surface area contributed by atoms with Crippen LogP contribution in [0, 0.1) is 0 Å². The summed E-state index contributed by atoms with van der Waals surface area (Å²) >= 11 is 5.81. The molecule has 0 aliphatic carbocycles. The van der Waals surface area contributed by atoms with Crippen molar-refractivity contribution in [3.05, 3.63) is 29.3 Å². The zero-order valence-corrected chi connectivity index (χ0v) is 12.0. The van der Waals surface area contributed by atoms with Crippen LogP contribution in [0.3, 0.4) is 0 Å². The molecule has 1 aromatic carbocycles. The molecule has 0 spiro atoms. The largest absolute Gasteiger partial charge is 0.409 e. The number of benzene rings is 1. The minimum atomic E-state index is -3.68. The van der Waals surface area contributed by atoms with Crippen LogP contribution >= 0.6 is 11.6 Å². The number of oxime groups is 1. The predicted octanol–water partition coefficient (Wildman–Crippen LogP) is 0.476. The number of sulfonamides is 1. The van der Waals surface area contributed by atoms with E-state index in [1.807, 2.05) is 0 Å². The van der Waals surface area contributed by atoms with Crippen LogP contribution in [0.5, 0.6) is 0 Å². The zero-order valence-electron chi connectivity index (χ0n) is 10.4. The highest BCUT2D eigenvalue weighted by Crippen LogP contribution is 2.21. The highest BCUT2D eigenvalue weighted by Gasteiger charge is 2.32. The van der Waals surface area contributed by atoms with Gasteiger partial charge in [0, 0.05) is 18.1 Å². The van der Waals surface area contributed by atoms with Gasteiger partial charge >= 0.3 is 0 Å². The Morgan fingerprint density at radius 1 is 1.55 bits per heavy atom. The van der Waals surface area contributed by atoms with Crippen molar-refractivity contribution in [1.29, 1.82) is 0 Å². The first-order valence-electron chi connectivity index (χ1n) is 5.80. The zero-order chi connectivity index (χ0) is 14.8. The van der Waals surface area contributed by atoms with E-state index < -0.39 is 16.1 Å². The van der Waals surface area contributed by atoms with E-state index >= 15 is 0 Å². The van der Waals surface area contributed by atoms with Gasteiger partial charge in [0.1, 0.15) is 6.10 Å². The minimum Gasteiger partial charge on any atom is -0.409 e. The SMILES string of the molecule is NC(=NO)C1CN(S(=O)(=O)c2cccc(Cl)c2)CCO1. The first kappa shape index (κ1) is 15.0. The van der Waals surface area contributed by atoms with Gasteiger partial charge in [-0.05, 0) is 18.2 Å². The fourth-order valence-electron chi connectivity index (χ4n) is 1.86. The summed E-state index contributed by atoms with van der Waals surface area (Å²) in [5.74, 6) is -0.156. The van der Waals surface area contributed by atoms with Crippen molar-refractivity contribution in [2.75, 3.05) is 19.7 Å². The fraction of sp³-hybridized carbons (Fsp3) is 0.364. The number of amidine groups is 1. The number of ether oxygens (including phenoxy) is 1. The molecular weight excluding hydrogens is 306 g/mol. The van der Waals surface area contributed by atoms with Gasteiger partial charge in [-0.3, -0.25) is 0 Å². The summed E-state index contributed by atoms with van der Waals surface area (Å²) < 4.78 is 31.4. The smallest absolute Gasteiger partial charge is 0.243 e. The summed E-state index contributed by atoms with van der Waals surface area (Å²) in [4.78, 5) is 0.102. The van der Waals surface area contributed by atoms with Gasteiger partial charge in [-0.25, -0.2) is 8.42 Å². The third-order valence-corrected chi connectivity index (χ3v) is 5.00. The Bertz CT molecular complexity index is 620. The molecule has 1 heterocycles. The van der Waals surface area contributed by atoms with Gasteiger partial charge < -0.3 is 15.7 Å². The number of nitrogens with zero attached hydrogens (tertiary/aromatic N) is 2. The third-order valence-electron chi connectivity index (χ3n) is 2.91.